The van der Waals surface area contributed by atoms with Crippen LogP contribution in [0.2, 0.25) is 0 Å². The Kier molecular flexibility index (Phi) is 19.7. The summed E-state index contributed by atoms with van der Waals surface area (Å²) in [5, 5.41) is 0. The van der Waals surface area contributed by atoms with Crippen LogP contribution in [0.5, 0.6) is 0 Å². The SMILES string of the molecule is CC[N+](CC)(CC)O[P+]([O-])(OC[C@@H]1C=C[C@H](n2cc(F)c(N)nc2=O)O1)O[P+]([O-])(O[N+](CC)(CC)CC)O[P+]([O-])(O[N+](CC)(CC)CC)O[N+](CC)(CC)CC. The molecule has 56 heavy (non-hydrogen) atoms. The van der Waals surface area contributed by atoms with E-state index in [1.807, 2.05) is 41.5 Å². The molecule has 1 aromatic heterocycles. The summed E-state index contributed by atoms with van der Waals surface area (Å²) in [7, 11) is -15.4. The summed E-state index contributed by atoms with van der Waals surface area (Å²) in [5.74, 6) is -1.49. The minimum Gasteiger partial charge on any atom is -0.598 e. The maximum absolute atomic E-state index is 15.4. The maximum atomic E-state index is 15.4. The summed E-state index contributed by atoms with van der Waals surface area (Å²) in [6.45, 7) is 24.9. The second-order valence-corrected chi connectivity index (χ2v) is 18.2. The van der Waals surface area contributed by atoms with Gasteiger partial charge in [0.1, 0.15) is 91.2 Å². The first-order valence-electron chi connectivity index (χ1n) is 19.8. The Morgan fingerprint density at radius 1 is 0.661 bits per heavy atom. The average Bonchev–Trinajstić information content (AvgIpc) is 3.67. The Bertz CT molecular complexity index is 1400. The van der Waals surface area contributed by atoms with Crippen molar-refractivity contribution in [1.29, 1.82) is 0 Å². The number of ether oxygens (including phenoxy) is 1. The third-order valence-electron chi connectivity index (χ3n) is 10.8. The molecule has 2 heterocycles. The van der Waals surface area contributed by atoms with Crippen LogP contribution in [-0.4, -0.2) is 119 Å². The van der Waals surface area contributed by atoms with Crippen LogP contribution in [0.15, 0.2) is 23.1 Å². The summed E-state index contributed by atoms with van der Waals surface area (Å²) >= 11 is 0. The summed E-state index contributed by atoms with van der Waals surface area (Å²) in [6, 6.07) is 0. The second kappa shape index (κ2) is 21.5. The lowest BCUT2D eigenvalue weighted by Crippen LogP contribution is -2.54. The molecule has 0 aliphatic carbocycles. The third-order valence-corrected chi connectivity index (χ3v) is 16.7. The molecular formula is C33H69FN7O12P3+4. The lowest BCUT2D eigenvalue weighted by atomic mass is 10.4. The first kappa shape index (κ1) is 51.2. The zero-order valence-corrected chi connectivity index (χ0v) is 38.1. The Balaban J connectivity index is 2.74. The first-order valence-corrected chi connectivity index (χ1v) is 24.2. The van der Waals surface area contributed by atoms with E-state index in [9.17, 15) is 9.18 Å². The van der Waals surface area contributed by atoms with Crippen LogP contribution in [-0.2, 0) is 36.4 Å². The van der Waals surface area contributed by atoms with Crippen LogP contribution in [0.25, 0.3) is 0 Å². The number of nitrogens with two attached hydrogens (primary N) is 1. The molecule has 0 fully saturated rings. The monoisotopic (exact) mass is 867 g/mol. The number of hydrogen-bond donors (Lipinski definition) is 1. The molecule has 19 nitrogen and oxygen atoms in total. The molecule has 1 aliphatic rings. The number of phosphoric acid groups is 3. The average molecular weight is 868 g/mol. The molecule has 2 N–H and O–H groups in total. The molecule has 0 aromatic carbocycles. The first-order chi connectivity index (χ1) is 26.2. The number of halogens is 1. The lowest BCUT2D eigenvalue weighted by Gasteiger charge is -2.40. The zero-order valence-electron chi connectivity index (χ0n) is 35.5. The number of aromatic nitrogens is 2. The molecule has 0 bridgehead atoms. The van der Waals surface area contributed by atoms with Crippen molar-refractivity contribution in [2.24, 2.45) is 0 Å². The molecule has 23 heteroatoms. The highest BCUT2D eigenvalue weighted by Gasteiger charge is 2.71. The highest BCUT2D eigenvalue weighted by molar-refractivity contribution is 7.73. The van der Waals surface area contributed by atoms with Crippen LogP contribution in [0, 0.1) is 5.82 Å². The number of hydroxylamine groups is 12. The quantitative estimate of drug-likeness (QED) is 0.0551. The van der Waals surface area contributed by atoms with E-state index in [0.29, 0.717) is 39.3 Å². The van der Waals surface area contributed by atoms with E-state index >= 15 is 14.7 Å². The molecule has 0 spiro atoms. The summed E-state index contributed by atoms with van der Waals surface area (Å²) in [6.07, 6.45) is 1.68. The van der Waals surface area contributed by atoms with Crippen LogP contribution in [0.3, 0.4) is 0 Å². The molecule has 1 aromatic rings. The van der Waals surface area contributed by atoms with Gasteiger partial charge in [-0.25, -0.2) is 9.18 Å². The van der Waals surface area contributed by atoms with Gasteiger partial charge in [0.2, 0.25) is 0 Å². The summed E-state index contributed by atoms with van der Waals surface area (Å²) < 4.78 is 62.7. The molecule has 4 atom stereocenters. The Morgan fingerprint density at radius 3 is 1.41 bits per heavy atom. The van der Waals surface area contributed by atoms with Crippen molar-refractivity contribution >= 4 is 30.3 Å². The van der Waals surface area contributed by atoms with Crippen molar-refractivity contribution in [2.45, 2.75) is 95.4 Å². The fourth-order valence-electron chi connectivity index (χ4n) is 6.17. The number of nitrogens with zero attached hydrogens (tertiary/aromatic N) is 6. The third kappa shape index (κ3) is 12.8. The van der Waals surface area contributed by atoms with E-state index in [1.165, 1.54) is 12.2 Å². The Morgan fingerprint density at radius 2 is 1.02 bits per heavy atom. The molecule has 0 saturated carbocycles. The highest BCUT2D eigenvalue weighted by Crippen LogP contribution is 2.79. The van der Waals surface area contributed by atoms with Crippen molar-refractivity contribution in [1.82, 2.24) is 9.55 Å². The molecule has 2 unspecified atom stereocenters. The minimum absolute atomic E-state index is 0.209. The normalized spacial score (nSPS) is 19.4. The van der Waals surface area contributed by atoms with Gasteiger partial charge in [0.15, 0.2) is 17.9 Å². The molecule has 0 amide bonds. The number of rotatable bonds is 28. The molecule has 0 radical (unpaired) electrons. The standard InChI is InChI=1S/C33H68FN7O12P3/c1-13-38(14-2,15-3)48-54(43,46-28-29-25-26-31(47-29)37-27-30(34)32(35)36-33(37)42)52-56(45,51-41(22-10,23-11)24-12)53-55(44,49-39(16-4,17-5)18-6)50-40(19-7,20-8)21-9/h25-27,29,31H,13-24,28H2,1-12H3,(H-,35,36,42)/q+3/p+1/t29-,31+,54?,56?/m0/s1. The fourth-order valence-corrected chi connectivity index (χ4v) is 12.8. The highest BCUT2D eigenvalue weighted by atomic mass is 31.3. The van der Waals surface area contributed by atoms with Crippen molar-refractivity contribution < 1.29 is 74.0 Å². The predicted octanol–water partition coefficient (Wildman–Crippen LogP) is 3.81. The van der Waals surface area contributed by atoms with Gasteiger partial charge in [-0.05, 0) is 89.2 Å². The van der Waals surface area contributed by atoms with E-state index in [2.05, 4.69) is 4.98 Å². The van der Waals surface area contributed by atoms with Crippen molar-refractivity contribution in [3.63, 3.8) is 0 Å². The van der Waals surface area contributed by atoms with E-state index in [-0.39, 0.29) is 57.9 Å². The van der Waals surface area contributed by atoms with Crippen molar-refractivity contribution in [3.8, 4) is 0 Å². The van der Waals surface area contributed by atoms with E-state index in [0.717, 1.165) is 10.8 Å². The molecule has 2 rings (SSSR count). The van der Waals surface area contributed by atoms with Gasteiger partial charge in [0.25, 0.3) is 0 Å². The number of hydrogen-bond acceptors (Lipinski definition) is 14. The Labute approximate surface area is 334 Å². The van der Waals surface area contributed by atoms with Gasteiger partial charge in [-0.3, -0.25) is 4.57 Å². The van der Waals surface area contributed by atoms with Gasteiger partial charge in [0.05, 0.1) is 6.20 Å². The zero-order chi connectivity index (χ0) is 42.6. The van der Waals surface area contributed by atoms with E-state index in [1.54, 1.807) is 41.5 Å². The molecular weight excluding hydrogens is 798 g/mol. The van der Waals surface area contributed by atoms with Gasteiger partial charge in [-0.1, -0.05) is 6.08 Å². The number of anilines is 1. The molecule has 326 valence electrons. The van der Waals surface area contributed by atoms with Crippen LogP contribution in [0.1, 0.15) is 89.3 Å². The predicted molar refractivity (Wildman–Crippen MR) is 207 cm³/mol. The van der Waals surface area contributed by atoms with Gasteiger partial charge < -0.3 is 25.2 Å². The fraction of sp³-hybridized carbons (Fsp3) is 0.818. The van der Waals surface area contributed by atoms with E-state index in [4.69, 9.17) is 42.1 Å². The number of nitrogen functional groups attached to an aromatic ring is 1. The van der Waals surface area contributed by atoms with Gasteiger partial charge in [-0.2, -0.15) is 9.51 Å². The number of quaternary nitrogens is 4. The van der Waals surface area contributed by atoms with E-state index < -0.39 is 60.8 Å². The minimum atomic E-state index is -5.37. The smallest absolute Gasteiger partial charge is 0.564 e. The van der Waals surface area contributed by atoms with Gasteiger partial charge >= 0.3 is 30.2 Å². The molecule has 0 saturated heterocycles. The van der Waals surface area contributed by atoms with Crippen molar-refractivity contribution in [2.75, 3.05) is 90.9 Å². The van der Waals surface area contributed by atoms with Gasteiger partial charge in [0, 0.05) is 27.1 Å². The lowest BCUT2D eigenvalue weighted by molar-refractivity contribution is -1.11. The largest absolute Gasteiger partial charge is 0.598 e. The van der Waals surface area contributed by atoms with Crippen molar-refractivity contribution in [3.05, 3.63) is 34.7 Å². The van der Waals surface area contributed by atoms with Crippen LogP contribution >= 0.6 is 24.5 Å². The maximum Gasteiger partial charge on any atom is 0.564 e. The topological polar surface area (TPSA) is 204 Å². The van der Waals surface area contributed by atoms with Crippen LogP contribution < -0.4 is 26.1 Å². The summed E-state index contributed by atoms with van der Waals surface area (Å²) in [4.78, 5) is 61.7. The Hall–Kier alpha value is -0.960. The van der Waals surface area contributed by atoms with Gasteiger partial charge in [-0.15, -0.1) is 18.6 Å². The summed E-state index contributed by atoms with van der Waals surface area (Å²) in [5.41, 5.74) is 4.57. The second-order valence-electron chi connectivity index (χ2n) is 13.3. The molecule has 1 aliphatic heterocycles. The van der Waals surface area contributed by atoms with Crippen LogP contribution in [0.4, 0.5) is 10.2 Å².